The molecule has 1 saturated heterocycles. The molecule has 1 aliphatic heterocycles. The van der Waals surface area contributed by atoms with Crippen LogP contribution in [0.25, 0.3) is 0 Å². The molecule has 0 saturated carbocycles. The Morgan fingerprint density at radius 2 is 1.74 bits per heavy atom. The maximum Gasteiger partial charge on any atom is 0.314 e. The van der Waals surface area contributed by atoms with E-state index in [9.17, 15) is 24.8 Å². The zero-order valence-corrected chi connectivity index (χ0v) is 14.9. The molecule has 7 nitrogen and oxygen atoms in total. The molecule has 1 amide bonds. The summed E-state index contributed by atoms with van der Waals surface area (Å²) < 4.78 is 0. The number of amides is 1. The minimum atomic E-state index is -1.05. The average Bonchev–Trinajstić information content (AvgIpc) is 2.67. The predicted molar refractivity (Wildman–Crippen MR) is 98.7 cm³/mol. The van der Waals surface area contributed by atoms with Gasteiger partial charge in [-0.15, -0.1) is 0 Å². The monoisotopic (exact) mass is 368 g/mol. The highest BCUT2D eigenvalue weighted by Gasteiger charge is 2.44. The van der Waals surface area contributed by atoms with Crippen LogP contribution in [0.4, 0.5) is 5.69 Å². The van der Waals surface area contributed by atoms with E-state index in [-0.39, 0.29) is 37.2 Å². The summed E-state index contributed by atoms with van der Waals surface area (Å²) in [5.74, 6) is -1.35. The number of rotatable bonds is 4. The molecule has 2 aromatic rings. The molecule has 2 aromatic carbocycles. The Morgan fingerprint density at radius 3 is 2.30 bits per heavy atom. The van der Waals surface area contributed by atoms with Crippen LogP contribution in [0.1, 0.15) is 34.3 Å². The highest BCUT2D eigenvalue weighted by atomic mass is 16.6. The van der Waals surface area contributed by atoms with Crippen molar-refractivity contribution in [3.8, 4) is 0 Å². The number of carboxylic acids is 1. The topological polar surface area (TPSA) is 101 Å². The van der Waals surface area contributed by atoms with E-state index < -0.39 is 22.2 Å². The number of nitro benzene ring substituents is 1. The Hall–Kier alpha value is -3.22. The second kappa shape index (κ2) is 7.19. The molecule has 1 aliphatic rings. The molecule has 7 heteroatoms. The van der Waals surface area contributed by atoms with Crippen LogP contribution in [0.15, 0.2) is 48.5 Å². The molecule has 140 valence electrons. The molecule has 0 atom stereocenters. The van der Waals surface area contributed by atoms with E-state index in [1.807, 2.05) is 6.07 Å². The van der Waals surface area contributed by atoms with Crippen LogP contribution in [-0.2, 0) is 10.2 Å². The summed E-state index contributed by atoms with van der Waals surface area (Å²) in [6.07, 6.45) is 0.523. The van der Waals surface area contributed by atoms with Crippen molar-refractivity contribution in [2.75, 3.05) is 13.1 Å². The second-order valence-corrected chi connectivity index (χ2v) is 6.82. The number of nitro groups is 1. The smallest absolute Gasteiger partial charge is 0.314 e. The quantitative estimate of drug-likeness (QED) is 0.660. The summed E-state index contributed by atoms with van der Waals surface area (Å²) in [6, 6.07) is 13.4. The van der Waals surface area contributed by atoms with E-state index in [2.05, 4.69) is 0 Å². The van der Waals surface area contributed by atoms with E-state index in [0.717, 1.165) is 5.56 Å². The number of hydrogen-bond acceptors (Lipinski definition) is 4. The first kappa shape index (κ1) is 18.6. The van der Waals surface area contributed by atoms with Crippen LogP contribution in [0, 0.1) is 17.0 Å². The molecule has 0 aliphatic carbocycles. The van der Waals surface area contributed by atoms with Crippen LogP contribution in [-0.4, -0.2) is 39.9 Å². The minimum Gasteiger partial charge on any atom is -0.481 e. The number of aryl methyl sites for hydroxylation is 1. The van der Waals surface area contributed by atoms with E-state index in [4.69, 9.17) is 0 Å². The largest absolute Gasteiger partial charge is 0.481 e. The third-order valence-corrected chi connectivity index (χ3v) is 5.22. The summed E-state index contributed by atoms with van der Waals surface area (Å²) in [4.78, 5) is 37.1. The number of piperidine rings is 1. The number of carboxylic acid groups (broad SMARTS) is 1. The molecule has 0 unspecified atom stereocenters. The lowest BCUT2D eigenvalue weighted by molar-refractivity contribution is -0.385. The first-order valence-corrected chi connectivity index (χ1v) is 8.68. The van der Waals surface area contributed by atoms with Gasteiger partial charge in [0.15, 0.2) is 0 Å². The zero-order chi connectivity index (χ0) is 19.6. The van der Waals surface area contributed by atoms with Gasteiger partial charge in [-0.2, -0.15) is 0 Å². The molecule has 3 rings (SSSR count). The summed E-state index contributed by atoms with van der Waals surface area (Å²) >= 11 is 0. The number of likely N-dealkylation sites (tertiary alicyclic amines) is 1. The normalized spacial score (nSPS) is 16.0. The van der Waals surface area contributed by atoms with Gasteiger partial charge in [0.05, 0.1) is 10.3 Å². The van der Waals surface area contributed by atoms with Crippen LogP contribution >= 0.6 is 0 Å². The van der Waals surface area contributed by atoms with Crippen molar-refractivity contribution in [1.82, 2.24) is 4.90 Å². The van der Waals surface area contributed by atoms with Gasteiger partial charge in [0.2, 0.25) is 0 Å². The molecule has 0 aromatic heterocycles. The van der Waals surface area contributed by atoms with Gasteiger partial charge in [-0.25, -0.2) is 0 Å². The number of aliphatic carboxylic acids is 1. The molecular weight excluding hydrogens is 348 g/mol. The Labute approximate surface area is 156 Å². The van der Waals surface area contributed by atoms with Crippen LogP contribution in [0.2, 0.25) is 0 Å². The number of carbonyl (C=O) groups excluding carboxylic acids is 1. The van der Waals surface area contributed by atoms with E-state index in [1.165, 1.54) is 17.0 Å². The summed E-state index contributed by atoms with van der Waals surface area (Å²) in [6.45, 7) is 2.22. The molecule has 1 fully saturated rings. The van der Waals surface area contributed by atoms with Crippen molar-refractivity contribution in [1.29, 1.82) is 0 Å². The van der Waals surface area contributed by atoms with Gasteiger partial charge in [-0.1, -0.05) is 36.4 Å². The fourth-order valence-corrected chi connectivity index (χ4v) is 3.63. The molecule has 1 heterocycles. The van der Waals surface area contributed by atoms with Crippen molar-refractivity contribution >= 4 is 17.6 Å². The molecule has 0 spiro atoms. The van der Waals surface area contributed by atoms with Crippen molar-refractivity contribution in [3.05, 3.63) is 75.3 Å². The lowest BCUT2D eigenvalue weighted by Crippen LogP contribution is -2.49. The Bertz CT molecular complexity index is 887. The van der Waals surface area contributed by atoms with E-state index in [0.29, 0.717) is 5.56 Å². The van der Waals surface area contributed by atoms with Crippen LogP contribution < -0.4 is 0 Å². The third kappa shape index (κ3) is 3.40. The van der Waals surface area contributed by atoms with Gasteiger partial charge in [-0.05, 0) is 37.0 Å². The van der Waals surface area contributed by atoms with Crippen LogP contribution in [0.3, 0.4) is 0 Å². The third-order valence-electron chi connectivity index (χ3n) is 5.22. The first-order chi connectivity index (χ1) is 12.8. The Morgan fingerprint density at radius 1 is 1.11 bits per heavy atom. The molecule has 27 heavy (non-hydrogen) atoms. The maximum absolute atomic E-state index is 12.9. The highest BCUT2D eigenvalue weighted by molar-refractivity contribution is 5.98. The minimum absolute atomic E-state index is 0.0440. The average molecular weight is 368 g/mol. The summed E-state index contributed by atoms with van der Waals surface area (Å²) in [5, 5.41) is 21.1. The zero-order valence-electron chi connectivity index (χ0n) is 14.9. The number of benzene rings is 2. The van der Waals surface area contributed by atoms with Gasteiger partial charge in [0.1, 0.15) is 5.56 Å². The maximum atomic E-state index is 12.9. The predicted octanol–water partition coefficient (Wildman–Crippen LogP) is 3.16. The summed E-state index contributed by atoms with van der Waals surface area (Å²) in [5.41, 5.74) is 0.235. The van der Waals surface area contributed by atoms with Crippen molar-refractivity contribution in [2.24, 2.45) is 0 Å². The number of carbonyl (C=O) groups is 2. The van der Waals surface area contributed by atoms with Crippen molar-refractivity contribution in [3.63, 3.8) is 0 Å². The van der Waals surface area contributed by atoms with Crippen LogP contribution in [0.5, 0.6) is 0 Å². The molecule has 0 radical (unpaired) electrons. The van der Waals surface area contributed by atoms with Gasteiger partial charge < -0.3 is 10.0 Å². The fourth-order valence-electron chi connectivity index (χ4n) is 3.63. The number of hydrogen-bond donors (Lipinski definition) is 1. The van der Waals surface area contributed by atoms with Gasteiger partial charge in [0, 0.05) is 19.2 Å². The SMILES string of the molecule is Cc1ccc([N+](=O)[O-])c(C(=O)N2CCC(C(=O)O)(c3ccccc3)CC2)c1. The second-order valence-electron chi connectivity index (χ2n) is 6.82. The Kier molecular flexibility index (Phi) is 4.94. The molecular formula is C20H20N2O5. The lowest BCUT2D eigenvalue weighted by atomic mass is 9.72. The van der Waals surface area contributed by atoms with Crippen molar-refractivity contribution < 1.29 is 19.6 Å². The van der Waals surface area contributed by atoms with Crippen molar-refractivity contribution in [2.45, 2.75) is 25.2 Å². The fraction of sp³-hybridized carbons (Fsp3) is 0.300. The standard InChI is InChI=1S/C20H20N2O5/c1-14-7-8-17(22(26)27)16(13-14)18(23)21-11-9-20(10-12-21,19(24)25)15-5-3-2-4-6-15/h2-8,13H,9-12H2,1H3,(H,24,25). The van der Waals surface area contributed by atoms with Gasteiger partial charge in [-0.3, -0.25) is 19.7 Å². The molecule has 1 N–H and O–H groups in total. The number of nitrogens with zero attached hydrogens (tertiary/aromatic N) is 2. The first-order valence-electron chi connectivity index (χ1n) is 8.68. The van der Waals surface area contributed by atoms with E-state index in [1.54, 1.807) is 37.3 Å². The van der Waals surface area contributed by atoms with Gasteiger partial charge >= 0.3 is 5.97 Å². The summed E-state index contributed by atoms with van der Waals surface area (Å²) in [7, 11) is 0. The molecule has 0 bridgehead atoms. The van der Waals surface area contributed by atoms with Gasteiger partial charge in [0.25, 0.3) is 11.6 Å². The Balaban J connectivity index is 1.85. The highest BCUT2D eigenvalue weighted by Crippen LogP contribution is 2.36. The lowest BCUT2D eigenvalue weighted by Gasteiger charge is -2.39. The van der Waals surface area contributed by atoms with E-state index >= 15 is 0 Å².